The maximum atomic E-state index is 13.4. The lowest BCUT2D eigenvalue weighted by molar-refractivity contribution is -0.139. The van der Waals surface area contributed by atoms with Gasteiger partial charge in [0.2, 0.25) is 0 Å². The number of ether oxygens (including phenoxy) is 1. The molecule has 7 heteroatoms. The summed E-state index contributed by atoms with van der Waals surface area (Å²) in [5, 5.41) is 5.72. The van der Waals surface area contributed by atoms with Crippen molar-refractivity contribution in [2.24, 2.45) is 4.99 Å². The third-order valence-corrected chi connectivity index (χ3v) is 4.80. The van der Waals surface area contributed by atoms with Crippen molar-refractivity contribution < 1.29 is 13.9 Å². The summed E-state index contributed by atoms with van der Waals surface area (Å²) in [6, 6.07) is 5.99. The molecule has 2 aromatic rings. The normalized spacial score (nSPS) is 20.1. The van der Waals surface area contributed by atoms with Gasteiger partial charge in [0, 0.05) is 17.3 Å². The molecule has 5 nitrogen and oxygen atoms in total. The van der Waals surface area contributed by atoms with E-state index in [1.807, 2.05) is 12.3 Å². The number of hydrogen-bond acceptors (Lipinski definition) is 6. The standard InChI is InChI=1S/C18H18FN3O2S/c1-4-24-17(23)14-11(2)21-15(16-20-9-10-25-16)22-18(14,3)12-5-7-13(19)8-6-12/h5-10H,4H2,1-3H3,(H,21,22)/t18-/m1/s1. The quantitative estimate of drug-likeness (QED) is 0.850. The van der Waals surface area contributed by atoms with Gasteiger partial charge in [0.25, 0.3) is 0 Å². The van der Waals surface area contributed by atoms with Crippen LogP contribution in [0, 0.1) is 5.82 Å². The summed E-state index contributed by atoms with van der Waals surface area (Å²) in [5.74, 6) is -0.211. The van der Waals surface area contributed by atoms with Gasteiger partial charge in [-0.05, 0) is 38.5 Å². The summed E-state index contributed by atoms with van der Waals surface area (Å²) < 4.78 is 18.6. The molecule has 3 rings (SSSR count). The van der Waals surface area contributed by atoms with Crippen LogP contribution in [0.2, 0.25) is 0 Å². The minimum Gasteiger partial charge on any atom is -0.463 e. The largest absolute Gasteiger partial charge is 0.463 e. The summed E-state index contributed by atoms with van der Waals surface area (Å²) in [6.07, 6.45) is 1.69. The van der Waals surface area contributed by atoms with E-state index in [2.05, 4.69) is 10.3 Å². The van der Waals surface area contributed by atoms with Crippen LogP contribution >= 0.6 is 11.3 Å². The van der Waals surface area contributed by atoms with E-state index in [0.717, 1.165) is 5.01 Å². The van der Waals surface area contributed by atoms with E-state index in [0.29, 0.717) is 22.7 Å². The molecule has 0 amide bonds. The van der Waals surface area contributed by atoms with Crippen molar-refractivity contribution in [1.82, 2.24) is 10.3 Å². The lowest BCUT2D eigenvalue weighted by Gasteiger charge is -2.34. The fourth-order valence-electron chi connectivity index (χ4n) is 2.89. The van der Waals surface area contributed by atoms with Gasteiger partial charge in [-0.3, -0.25) is 0 Å². The molecule has 1 N–H and O–H groups in total. The number of benzene rings is 1. The fraction of sp³-hybridized carbons (Fsp3) is 0.278. The van der Waals surface area contributed by atoms with E-state index in [1.54, 1.807) is 32.2 Å². The molecule has 0 bridgehead atoms. The lowest BCUT2D eigenvalue weighted by Crippen LogP contribution is -2.41. The second kappa shape index (κ2) is 6.76. The number of nitrogens with zero attached hydrogens (tertiary/aromatic N) is 2. The smallest absolute Gasteiger partial charge is 0.338 e. The Morgan fingerprint density at radius 3 is 2.68 bits per heavy atom. The molecule has 0 saturated heterocycles. The van der Waals surface area contributed by atoms with Crippen LogP contribution in [0.3, 0.4) is 0 Å². The van der Waals surface area contributed by atoms with Gasteiger partial charge in [-0.15, -0.1) is 11.3 Å². The van der Waals surface area contributed by atoms with Gasteiger partial charge >= 0.3 is 5.97 Å². The summed E-state index contributed by atoms with van der Waals surface area (Å²) >= 11 is 1.45. The molecule has 0 fully saturated rings. The highest BCUT2D eigenvalue weighted by atomic mass is 32.1. The topological polar surface area (TPSA) is 63.6 Å². The maximum absolute atomic E-state index is 13.4. The molecule has 130 valence electrons. The average Bonchev–Trinajstić information content (AvgIpc) is 3.09. The van der Waals surface area contributed by atoms with Crippen LogP contribution in [0.25, 0.3) is 0 Å². The van der Waals surface area contributed by atoms with Crippen LogP contribution in [-0.2, 0) is 15.1 Å². The molecule has 0 saturated carbocycles. The molecule has 1 aromatic heterocycles. The monoisotopic (exact) mass is 359 g/mol. The summed E-state index contributed by atoms with van der Waals surface area (Å²) in [4.78, 5) is 21.6. The Morgan fingerprint density at radius 2 is 2.08 bits per heavy atom. The molecule has 2 heterocycles. The van der Waals surface area contributed by atoms with Crippen LogP contribution in [0.5, 0.6) is 0 Å². The lowest BCUT2D eigenvalue weighted by atomic mass is 9.82. The Balaban J connectivity index is 2.16. The molecule has 0 aliphatic carbocycles. The van der Waals surface area contributed by atoms with Crippen LogP contribution in [0.15, 0.2) is 52.1 Å². The number of hydrogen-bond donors (Lipinski definition) is 1. The average molecular weight is 359 g/mol. The molecule has 25 heavy (non-hydrogen) atoms. The molecule has 0 spiro atoms. The van der Waals surface area contributed by atoms with E-state index in [1.165, 1.54) is 23.5 Å². The zero-order valence-electron chi connectivity index (χ0n) is 14.2. The number of amidine groups is 1. The summed E-state index contributed by atoms with van der Waals surface area (Å²) in [6.45, 7) is 5.64. The first kappa shape index (κ1) is 17.3. The molecule has 0 radical (unpaired) electrons. The molecule has 1 aromatic carbocycles. The highest BCUT2D eigenvalue weighted by Gasteiger charge is 2.41. The van der Waals surface area contributed by atoms with Crippen molar-refractivity contribution in [3.8, 4) is 0 Å². The molecule has 1 atom stereocenters. The second-order valence-corrected chi connectivity index (χ2v) is 6.62. The van der Waals surface area contributed by atoms with Gasteiger partial charge in [0.05, 0.1) is 12.2 Å². The predicted octanol–water partition coefficient (Wildman–Crippen LogP) is 3.38. The van der Waals surface area contributed by atoms with E-state index in [-0.39, 0.29) is 12.4 Å². The number of thiazole rings is 1. The molecule has 0 unspecified atom stereocenters. The summed E-state index contributed by atoms with van der Waals surface area (Å²) in [5.41, 5.74) is 0.745. The maximum Gasteiger partial charge on any atom is 0.338 e. The Morgan fingerprint density at radius 1 is 1.36 bits per heavy atom. The number of nitrogens with one attached hydrogen (secondary N) is 1. The number of carbonyl (C=O) groups is 1. The Labute approximate surface area is 149 Å². The van der Waals surface area contributed by atoms with Crippen molar-refractivity contribution in [3.05, 3.63) is 63.5 Å². The van der Waals surface area contributed by atoms with E-state index in [9.17, 15) is 9.18 Å². The van der Waals surface area contributed by atoms with Gasteiger partial charge in [-0.1, -0.05) is 12.1 Å². The number of halogens is 1. The minimum atomic E-state index is -1.00. The Bertz CT molecular complexity index is 844. The minimum absolute atomic E-state index is 0.262. The molecule has 1 aliphatic heterocycles. The number of carbonyl (C=O) groups excluding carboxylic acids is 1. The SMILES string of the molecule is CCOC(=O)C1=C(C)NC(c2nccs2)=N[C@]1(C)c1ccc(F)cc1. The Kier molecular flexibility index (Phi) is 4.67. The van der Waals surface area contributed by atoms with Crippen molar-refractivity contribution in [3.63, 3.8) is 0 Å². The summed E-state index contributed by atoms with van der Waals surface area (Å²) in [7, 11) is 0. The zero-order chi connectivity index (χ0) is 18.0. The Hall–Kier alpha value is -2.54. The molecular weight excluding hydrogens is 341 g/mol. The zero-order valence-corrected chi connectivity index (χ0v) is 15.0. The van der Waals surface area contributed by atoms with Crippen molar-refractivity contribution >= 4 is 23.1 Å². The third-order valence-electron chi connectivity index (χ3n) is 4.02. The molecule has 1 aliphatic rings. The first-order valence-electron chi connectivity index (χ1n) is 7.87. The van der Waals surface area contributed by atoms with Gasteiger partial charge in [-0.2, -0.15) is 0 Å². The van der Waals surface area contributed by atoms with Crippen molar-refractivity contribution in [2.75, 3.05) is 6.61 Å². The number of aromatic nitrogens is 1. The van der Waals surface area contributed by atoms with Gasteiger partial charge in [0.15, 0.2) is 10.8 Å². The number of aliphatic imine (C=N–C) groups is 1. The van der Waals surface area contributed by atoms with E-state index >= 15 is 0 Å². The highest BCUT2D eigenvalue weighted by molar-refractivity contribution is 7.11. The van der Waals surface area contributed by atoms with Gasteiger partial charge in [0.1, 0.15) is 11.4 Å². The van der Waals surface area contributed by atoms with Crippen molar-refractivity contribution in [2.45, 2.75) is 26.3 Å². The van der Waals surface area contributed by atoms with Crippen LogP contribution in [-0.4, -0.2) is 23.4 Å². The first-order valence-corrected chi connectivity index (χ1v) is 8.75. The van der Waals surface area contributed by atoms with Crippen LogP contribution in [0.1, 0.15) is 31.3 Å². The number of rotatable bonds is 4. The predicted molar refractivity (Wildman–Crippen MR) is 94.9 cm³/mol. The van der Waals surface area contributed by atoms with Crippen LogP contribution < -0.4 is 5.32 Å². The van der Waals surface area contributed by atoms with Gasteiger partial charge in [-0.25, -0.2) is 19.2 Å². The van der Waals surface area contributed by atoms with E-state index < -0.39 is 11.5 Å². The second-order valence-electron chi connectivity index (χ2n) is 5.72. The number of esters is 1. The molecular formula is C18H18FN3O2S. The highest BCUT2D eigenvalue weighted by Crippen LogP contribution is 2.38. The van der Waals surface area contributed by atoms with Crippen LogP contribution in [0.4, 0.5) is 4.39 Å². The van der Waals surface area contributed by atoms with E-state index in [4.69, 9.17) is 9.73 Å². The van der Waals surface area contributed by atoms with Gasteiger partial charge < -0.3 is 10.1 Å². The first-order chi connectivity index (χ1) is 12.0. The van der Waals surface area contributed by atoms with Crippen molar-refractivity contribution in [1.29, 1.82) is 0 Å². The number of allylic oxidation sites excluding steroid dienone is 1. The third kappa shape index (κ3) is 3.19. The fourth-order valence-corrected chi connectivity index (χ4v) is 3.47.